The van der Waals surface area contributed by atoms with Gasteiger partial charge in [-0.3, -0.25) is 9.59 Å². The minimum Gasteiger partial charge on any atom is -0.454 e. The minimum atomic E-state index is -0.0206. The summed E-state index contributed by atoms with van der Waals surface area (Å²) in [6, 6.07) is 7.88. The van der Waals surface area contributed by atoms with Crippen LogP contribution in [0.2, 0.25) is 0 Å². The average Bonchev–Trinajstić information content (AvgIpc) is 3.40. The molecule has 0 radical (unpaired) electrons. The Bertz CT molecular complexity index is 969. The largest absolute Gasteiger partial charge is 0.454 e. The Balaban J connectivity index is 1.52. The molecule has 1 unspecified atom stereocenters. The summed E-state index contributed by atoms with van der Waals surface area (Å²) in [4.78, 5) is 31.2. The van der Waals surface area contributed by atoms with Crippen molar-refractivity contribution in [3.63, 3.8) is 0 Å². The summed E-state index contributed by atoms with van der Waals surface area (Å²) in [5.41, 5.74) is 2.17. The van der Waals surface area contributed by atoms with Crippen LogP contribution in [-0.2, 0) is 22.7 Å². The van der Waals surface area contributed by atoms with Crippen LogP contribution in [0, 0.1) is 18.8 Å². The summed E-state index contributed by atoms with van der Waals surface area (Å²) in [5, 5.41) is 2.06. The quantitative estimate of drug-likeness (QED) is 0.524. The van der Waals surface area contributed by atoms with Crippen LogP contribution >= 0.6 is 11.3 Å². The normalized spacial score (nSPS) is 15.5. The van der Waals surface area contributed by atoms with Crippen LogP contribution in [0.4, 0.5) is 0 Å². The second-order valence-corrected chi connectivity index (χ2v) is 9.97. The summed E-state index contributed by atoms with van der Waals surface area (Å²) in [6.45, 7) is 8.31. The number of fused-ring (bicyclic) bond motifs is 1. The van der Waals surface area contributed by atoms with Gasteiger partial charge in [0, 0.05) is 23.9 Å². The van der Waals surface area contributed by atoms with Crippen molar-refractivity contribution in [2.45, 2.75) is 53.1 Å². The molecule has 0 spiro atoms. The van der Waals surface area contributed by atoms with Crippen LogP contribution in [0.25, 0.3) is 0 Å². The maximum Gasteiger partial charge on any atom is 0.242 e. The van der Waals surface area contributed by atoms with E-state index in [2.05, 4.69) is 32.2 Å². The van der Waals surface area contributed by atoms with E-state index in [-0.39, 0.29) is 31.1 Å². The van der Waals surface area contributed by atoms with Crippen LogP contribution in [0.1, 0.15) is 49.1 Å². The topological polar surface area (TPSA) is 59.1 Å². The lowest BCUT2D eigenvalue weighted by Gasteiger charge is -2.29. The molecule has 1 aliphatic carbocycles. The lowest BCUT2D eigenvalue weighted by Crippen LogP contribution is -2.44. The minimum absolute atomic E-state index is 0.0206. The van der Waals surface area contributed by atoms with Crippen molar-refractivity contribution in [3.8, 4) is 11.5 Å². The Kier molecular flexibility index (Phi) is 7.04. The Hall–Kier alpha value is -2.54. The van der Waals surface area contributed by atoms with E-state index in [1.165, 1.54) is 10.4 Å². The van der Waals surface area contributed by atoms with Crippen molar-refractivity contribution in [2.24, 2.45) is 11.8 Å². The number of carbonyl (C=O) groups is 2. The summed E-state index contributed by atoms with van der Waals surface area (Å²) in [5.74, 6) is 2.03. The molecule has 1 fully saturated rings. The molecule has 1 aliphatic heterocycles. The van der Waals surface area contributed by atoms with Gasteiger partial charge in [0.25, 0.3) is 0 Å². The van der Waals surface area contributed by atoms with Crippen molar-refractivity contribution in [3.05, 3.63) is 45.6 Å². The van der Waals surface area contributed by atoms with E-state index < -0.39 is 0 Å². The Morgan fingerprint density at radius 1 is 1.12 bits per heavy atom. The molecule has 32 heavy (non-hydrogen) atoms. The number of amides is 2. The van der Waals surface area contributed by atoms with Gasteiger partial charge in [0.05, 0.1) is 13.1 Å². The summed E-state index contributed by atoms with van der Waals surface area (Å²) in [7, 11) is 0. The highest BCUT2D eigenvalue weighted by Crippen LogP contribution is 2.34. The number of nitrogens with zero attached hydrogens (tertiary/aromatic N) is 2. The van der Waals surface area contributed by atoms with E-state index in [0.717, 1.165) is 30.6 Å². The van der Waals surface area contributed by atoms with Crippen molar-refractivity contribution >= 4 is 23.2 Å². The van der Waals surface area contributed by atoms with Gasteiger partial charge in [-0.2, -0.15) is 0 Å². The van der Waals surface area contributed by atoms with Gasteiger partial charge in [0.1, 0.15) is 0 Å². The zero-order valence-electron chi connectivity index (χ0n) is 19.1. The number of carbonyl (C=O) groups excluding carboxylic acids is 2. The van der Waals surface area contributed by atoms with E-state index in [1.807, 2.05) is 23.1 Å². The molecule has 1 aromatic carbocycles. The van der Waals surface area contributed by atoms with Crippen LogP contribution in [0.3, 0.4) is 0 Å². The molecule has 0 bridgehead atoms. The van der Waals surface area contributed by atoms with E-state index in [9.17, 15) is 9.59 Å². The maximum atomic E-state index is 13.5. The first-order chi connectivity index (χ1) is 15.4. The molecule has 4 rings (SSSR count). The Morgan fingerprint density at radius 3 is 2.59 bits per heavy atom. The Morgan fingerprint density at radius 2 is 1.91 bits per heavy atom. The number of ether oxygens (including phenoxy) is 2. The number of thiophene rings is 1. The van der Waals surface area contributed by atoms with Gasteiger partial charge in [-0.15, -0.1) is 11.3 Å². The zero-order chi connectivity index (χ0) is 22.7. The fourth-order valence-corrected chi connectivity index (χ4v) is 4.74. The SMILES string of the molecule is CCC(C)CN(CC(=O)N(Cc1ccc2c(c1)OCO2)Cc1sccc1C)C(=O)C1CC1. The lowest BCUT2D eigenvalue weighted by molar-refractivity contribution is -0.142. The first kappa shape index (κ1) is 22.6. The lowest BCUT2D eigenvalue weighted by atomic mass is 10.1. The van der Waals surface area contributed by atoms with Gasteiger partial charge >= 0.3 is 0 Å². The first-order valence-electron chi connectivity index (χ1n) is 11.4. The zero-order valence-corrected chi connectivity index (χ0v) is 20.0. The van der Waals surface area contributed by atoms with Crippen LogP contribution < -0.4 is 9.47 Å². The van der Waals surface area contributed by atoms with Gasteiger partial charge < -0.3 is 19.3 Å². The third-order valence-corrected chi connectivity index (χ3v) is 7.27. The number of hydrogen-bond acceptors (Lipinski definition) is 5. The standard InChI is InChI=1S/C25H32N2O4S/c1-4-17(2)12-27(25(29)20-6-7-20)15-24(28)26(14-23-18(3)9-10-32-23)13-19-5-8-21-22(11-19)31-16-30-21/h5,8-11,17,20H,4,6-7,12-16H2,1-3H3. The fraction of sp³-hybridized carbons (Fsp3) is 0.520. The Labute approximate surface area is 194 Å². The molecular weight excluding hydrogens is 424 g/mol. The molecular formula is C25H32N2O4S. The number of rotatable bonds is 10. The average molecular weight is 457 g/mol. The summed E-state index contributed by atoms with van der Waals surface area (Å²) >= 11 is 1.66. The first-order valence-corrected chi connectivity index (χ1v) is 12.3. The molecule has 1 saturated carbocycles. The smallest absolute Gasteiger partial charge is 0.242 e. The molecule has 1 aromatic heterocycles. The van der Waals surface area contributed by atoms with Crippen LogP contribution in [0.15, 0.2) is 29.6 Å². The van der Waals surface area contributed by atoms with Gasteiger partial charge in [0.2, 0.25) is 18.6 Å². The molecule has 1 atom stereocenters. The van der Waals surface area contributed by atoms with Crippen molar-refractivity contribution in [2.75, 3.05) is 19.9 Å². The molecule has 172 valence electrons. The monoisotopic (exact) mass is 456 g/mol. The van der Waals surface area contributed by atoms with Crippen molar-refractivity contribution in [1.29, 1.82) is 0 Å². The van der Waals surface area contributed by atoms with E-state index in [0.29, 0.717) is 31.3 Å². The van der Waals surface area contributed by atoms with Crippen LogP contribution in [0.5, 0.6) is 11.5 Å². The molecule has 0 N–H and O–H groups in total. The predicted molar refractivity (Wildman–Crippen MR) is 125 cm³/mol. The van der Waals surface area contributed by atoms with Gasteiger partial charge in [-0.05, 0) is 60.4 Å². The molecule has 2 aromatic rings. The highest BCUT2D eigenvalue weighted by molar-refractivity contribution is 7.10. The molecule has 7 heteroatoms. The number of aryl methyl sites for hydroxylation is 1. The van der Waals surface area contributed by atoms with Gasteiger partial charge in [-0.1, -0.05) is 26.3 Å². The van der Waals surface area contributed by atoms with Crippen molar-refractivity contribution in [1.82, 2.24) is 9.80 Å². The summed E-state index contributed by atoms with van der Waals surface area (Å²) in [6.07, 6.45) is 2.87. The van der Waals surface area contributed by atoms with E-state index in [1.54, 1.807) is 16.2 Å². The van der Waals surface area contributed by atoms with Gasteiger partial charge in [-0.25, -0.2) is 0 Å². The highest BCUT2D eigenvalue weighted by Gasteiger charge is 2.35. The highest BCUT2D eigenvalue weighted by atomic mass is 32.1. The third-order valence-electron chi connectivity index (χ3n) is 6.26. The van der Waals surface area contributed by atoms with E-state index >= 15 is 0 Å². The second kappa shape index (κ2) is 9.94. The number of benzene rings is 1. The predicted octanol–water partition coefficient (Wildman–Crippen LogP) is 4.60. The number of hydrogen-bond donors (Lipinski definition) is 0. The van der Waals surface area contributed by atoms with Gasteiger partial charge in [0.15, 0.2) is 11.5 Å². The van der Waals surface area contributed by atoms with Crippen LogP contribution in [-0.4, -0.2) is 41.5 Å². The third kappa shape index (κ3) is 5.44. The summed E-state index contributed by atoms with van der Waals surface area (Å²) < 4.78 is 10.9. The molecule has 6 nitrogen and oxygen atoms in total. The molecule has 0 saturated heterocycles. The fourth-order valence-electron chi connectivity index (χ4n) is 3.82. The second-order valence-electron chi connectivity index (χ2n) is 8.97. The van der Waals surface area contributed by atoms with E-state index in [4.69, 9.17) is 9.47 Å². The molecule has 2 aliphatic rings. The molecule has 2 heterocycles. The van der Waals surface area contributed by atoms with Crippen molar-refractivity contribution < 1.29 is 19.1 Å². The molecule has 2 amide bonds. The maximum absolute atomic E-state index is 13.5.